The Morgan fingerprint density at radius 1 is 1.22 bits per heavy atom. The van der Waals surface area contributed by atoms with Crippen LogP contribution in [0, 0.1) is 11.3 Å². The highest BCUT2D eigenvalue weighted by Crippen LogP contribution is 2.22. The van der Waals surface area contributed by atoms with Crippen molar-refractivity contribution in [3.05, 3.63) is 64.7 Å². The number of amides is 1. The Kier molecular flexibility index (Phi) is 5.80. The van der Waals surface area contributed by atoms with Gasteiger partial charge in [-0.2, -0.15) is 9.57 Å². The lowest BCUT2D eigenvalue weighted by Gasteiger charge is -2.25. The Balaban J connectivity index is 1.92. The van der Waals surface area contributed by atoms with Gasteiger partial charge in [0.05, 0.1) is 16.5 Å². The Hall–Kier alpha value is -2.40. The van der Waals surface area contributed by atoms with E-state index in [4.69, 9.17) is 16.9 Å². The molecule has 0 unspecified atom stereocenters. The highest BCUT2D eigenvalue weighted by Gasteiger charge is 2.30. The van der Waals surface area contributed by atoms with Crippen molar-refractivity contribution in [2.45, 2.75) is 30.3 Å². The zero-order valence-electron chi connectivity index (χ0n) is 14.4. The van der Waals surface area contributed by atoms with Gasteiger partial charge in [0.15, 0.2) is 0 Å². The van der Waals surface area contributed by atoms with E-state index in [1.165, 1.54) is 16.4 Å². The number of rotatable bonds is 6. The maximum Gasteiger partial charge on any atom is 0.243 e. The molecule has 1 atom stereocenters. The number of sulfonamides is 1. The van der Waals surface area contributed by atoms with Gasteiger partial charge in [0.2, 0.25) is 15.9 Å². The smallest absolute Gasteiger partial charge is 0.243 e. The first-order chi connectivity index (χ1) is 12.9. The van der Waals surface area contributed by atoms with Crippen LogP contribution in [0.5, 0.6) is 0 Å². The quantitative estimate of drug-likeness (QED) is 0.802. The average Bonchev–Trinajstić information content (AvgIpc) is 3.08. The first-order valence-electron chi connectivity index (χ1n) is 8.42. The molecule has 0 spiro atoms. The molecule has 1 saturated heterocycles. The summed E-state index contributed by atoms with van der Waals surface area (Å²) < 4.78 is 27.8. The predicted molar refractivity (Wildman–Crippen MR) is 101 cm³/mol. The molecular formula is C19H18ClN3O3S. The number of hydrogen-bond acceptors (Lipinski definition) is 4. The predicted octanol–water partition coefficient (Wildman–Crippen LogP) is 2.68. The number of carbonyl (C=O) groups excluding carboxylic acids is 1. The minimum absolute atomic E-state index is 0.0554. The summed E-state index contributed by atoms with van der Waals surface area (Å²) >= 11 is 5.91. The third-order valence-electron chi connectivity index (χ3n) is 4.38. The largest absolute Gasteiger partial charge is 0.352 e. The summed E-state index contributed by atoms with van der Waals surface area (Å²) in [6.45, 7) is 0.302. The van der Waals surface area contributed by atoms with Crippen molar-refractivity contribution in [1.29, 1.82) is 5.26 Å². The normalized spacial score (nSPS) is 16.9. The number of nitriles is 1. The van der Waals surface area contributed by atoms with E-state index in [-0.39, 0.29) is 35.5 Å². The van der Waals surface area contributed by atoms with Crippen LogP contribution in [-0.2, 0) is 21.4 Å². The summed E-state index contributed by atoms with van der Waals surface area (Å²) in [5, 5.41) is 12.4. The lowest BCUT2D eigenvalue weighted by atomic mass is 10.2. The molecule has 0 aliphatic carbocycles. The molecule has 27 heavy (non-hydrogen) atoms. The van der Waals surface area contributed by atoms with E-state index in [1.54, 1.807) is 36.4 Å². The molecule has 140 valence electrons. The number of nitrogens with zero attached hydrogens (tertiary/aromatic N) is 2. The molecule has 0 radical (unpaired) electrons. The van der Waals surface area contributed by atoms with Gasteiger partial charge in [0.1, 0.15) is 0 Å². The monoisotopic (exact) mass is 403 g/mol. The molecular weight excluding hydrogens is 386 g/mol. The van der Waals surface area contributed by atoms with E-state index in [0.29, 0.717) is 17.9 Å². The minimum atomic E-state index is -3.85. The highest BCUT2D eigenvalue weighted by atomic mass is 35.5. The van der Waals surface area contributed by atoms with Crippen LogP contribution in [-0.4, -0.2) is 31.2 Å². The average molecular weight is 404 g/mol. The first-order valence-corrected chi connectivity index (χ1v) is 10.2. The third kappa shape index (κ3) is 4.66. The number of carbonyl (C=O) groups is 1. The van der Waals surface area contributed by atoms with Crippen LogP contribution in [0.2, 0.25) is 5.02 Å². The second-order valence-electron chi connectivity index (χ2n) is 6.37. The van der Waals surface area contributed by atoms with Crippen molar-refractivity contribution in [3.8, 4) is 6.07 Å². The Morgan fingerprint density at radius 3 is 2.59 bits per heavy atom. The van der Waals surface area contributed by atoms with Crippen LogP contribution in [0.15, 0.2) is 53.4 Å². The maximum absolute atomic E-state index is 13.2. The Labute approximate surface area is 163 Å². The zero-order chi connectivity index (χ0) is 19.4. The second kappa shape index (κ2) is 8.09. The van der Waals surface area contributed by atoms with Gasteiger partial charge in [0, 0.05) is 30.6 Å². The summed E-state index contributed by atoms with van der Waals surface area (Å²) in [6, 6.07) is 14.6. The van der Waals surface area contributed by atoms with E-state index >= 15 is 0 Å². The number of hydrogen-bond donors (Lipinski definition) is 1. The van der Waals surface area contributed by atoms with Gasteiger partial charge in [-0.3, -0.25) is 4.79 Å². The molecule has 1 heterocycles. The Morgan fingerprint density at radius 2 is 1.96 bits per heavy atom. The zero-order valence-corrected chi connectivity index (χ0v) is 16.0. The molecule has 1 aliphatic heterocycles. The topological polar surface area (TPSA) is 90.3 Å². The summed E-state index contributed by atoms with van der Waals surface area (Å²) in [6.07, 6.45) is 0.979. The second-order valence-corrected chi connectivity index (χ2v) is 8.74. The fourth-order valence-corrected chi connectivity index (χ4v) is 4.62. The van der Waals surface area contributed by atoms with Gasteiger partial charge in [0.25, 0.3) is 0 Å². The minimum Gasteiger partial charge on any atom is -0.352 e. The first kappa shape index (κ1) is 19.4. The van der Waals surface area contributed by atoms with Gasteiger partial charge in [-0.15, -0.1) is 0 Å². The van der Waals surface area contributed by atoms with E-state index < -0.39 is 10.0 Å². The molecule has 6 nitrogen and oxygen atoms in total. The lowest BCUT2D eigenvalue weighted by molar-refractivity contribution is -0.119. The van der Waals surface area contributed by atoms with E-state index in [1.807, 2.05) is 6.07 Å². The number of nitrogens with one attached hydrogen (secondary N) is 1. The molecule has 3 rings (SSSR count). The van der Waals surface area contributed by atoms with Crippen LogP contribution in [0.25, 0.3) is 0 Å². The summed E-state index contributed by atoms with van der Waals surface area (Å²) in [5.74, 6) is -0.0738. The van der Waals surface area contributed by atoms with E-state index in [2.05, 4.69) is 5.32 Å². The number of halogens is 1. The molecule has 2 aromatic rings. The van der Waals surface area contributed by atoms with Gasteiger partial charge in [-0.05, 0) is 42.3 Å². The van der Waals surface area contributed by atoms with Crippen LogP contribution in [0.4, 0.5) is 0 Å². The maximum atomic E-state index is 13.2. The fourth-order valence-electron chi connectivity index (χ4n) is 2.98. The van der Waals surface area contributed by atoms with Crippen LogP contribution < -0.4 is 5.32 Å². The van der Waals surface area contributed by atoms with Gasteiger partial charge in [-0.25, -0.2) is 8.42 Å². The van der Waals surface area contributed by atoms with Gasteiger partial charge in [-0.1, -0.05) is 29.8 Å². The molecule has 0 aromatic heterocycles. The number of benzene rings is 2. The van der Waals surface area contributed by atoms with Crippen LogP contribution in [0.3, 0.4) is 0 Å². The third-order valence-corrected chi connectivity index (χ3v) is 6.44. The summed E-state index contributed by atoms with van der Waals surface area (Å²) in [4.78, 5) is 11.6. The van der Waals surface area contributed by atoms with Crippen molar-refractivity contribution in [2.75, 3.05) is 6.54 Å². The SMILES string of the molecule is N#Cc1cccc(S(=O)(=O)N(Cc2ccc(Cl)cc2)C[C@@H]2CCC(=O)N2)c1. The molecule has 1 fully saturated rings. The highest BCUT2D eigenvalue weighted by molar-refractivity contribution is 7.89. The Bertz CT molecular complexity index is 984. The summed E-state index contributed by atoms with van der Waals surface area (Å²) in [7, 11) is -3.85. The van der Waals surface area contributed by atoms with Crippen molar-refractivity contribution >= 4 is 27.5 Å². The van der Waals surface area contributed by atoms with Crippen molar-refractivity contribution < 1.29 is 13.2 Å². The van der Waals surface area contributed by atoms with Crippen molar-refractivity contribution in [3.63, 3.8) is 0 Å². The molecule has 1 amide bonds. The summed E-state index contributed by atoms with van der Waals surface area (Å²) in [5.41, 5.74) is 1.06. The van der Waals surface area contributed by atoms with E-state index in [9.17, 15) is 13.2 Å². The molecule has 0 saturated carbocycles. The van der Waals surface area contributed by atoms with Crippen molar-refractivity contribution in [2.24, 2.45) is 0 Å². The van der Waals surface area contributed by atoms with Gasteiger partial charge < -0.3 is 5.32 Å². The van der Waals surface area contributed by atoms with Crippen LogP contribution >= 0.6 is 11.6 Å². The van der Waals surface area contributed by atoms with E-state index in [0.717, 1.165) is 5.56 Å². The van der Waals surface area contributed by atoms with Gasteiger partial charge >= 0.3 is 0 Å². The fraction of sp³-hybridized carbons (Fsp3) is 0.263. The molecule has 2 aromatic carbocycles. The molecule has 1 N–H and O–H groups in total. The standard InChI is InChI=1S/C19H18ClN3O3S/c20-16-6-4-14(5-7-16)12-23(13-17-8-9-19(24)22-17)27(25,26)18-3-1-2-15(10-18)11-21/h1-7,10,17H,8-9,12-13H2,(H,22,24)/t17-/m0/s1. The molecule has 8 heteroatoms. The lowest BCUT2D eigenvalue weighted by Crippen LogP contribution is -2.41. The molecule has 0 bridgehead atoms. The van der Waals surface area contributed by atoms with Crippen molar-refractivity contribution in [1.82, 2.24) is 9.62 Å². The molecule has 1 aliphatic rings. The van der Waals surface area contributed by atoms with Crippen LogP contribution in [0.1, 0.15) is 24.0 Å².